The Bertz CT molecular complexity index is 920. The maximum absolute atomic E-state index is 12.2. The highest BCUT2D eigenvalue weighted by Gasteiger charge is 2.15. The first-order valence-electron chi connectivity index (χ1n) is 8.22. The molecule has 0 saturated carbocycles. The third-order valence-electron chi connectivity index (χ3n) is 3.50. The van der Waals surface area contributed by atoms with Crippen LogP contribution in [0.25, 0.3) is 0 Å². The van der Waals surface area contributed by atoms with Gasteiger partial charge in [-0.1, -0.05) is 41.4 Å². The topological polar surface area (TPSA) is 93.8 Å². The number of allylic oxidation sites excluding steroid dienone is 2. The number of rotatable bonds is 7. The van der Waals surface area contributed by atoms with Crippen LogP contribution in [0.3, 0.4) is 0 Å². The zero-order chi connectivity index (χ0) is 20.7. The molecule has 1 aromatic heterocycles. The van der Waals surface area contributed by atoms with E-state index in [1.54, 1.807) is 19.9 Å². The first-order valence-corrected chi connectivity index (χ1v) is 9.79. The number of nitrogens with zero attached hydrogens (tertiary/aromatic N) is 1. The van der Waals surface area contributed by atoms with E-state index in [2.05, 4.69) is 10.3 Å². The van der Waals surface area contributed by atoms with Gasteiger partial charge >= 0.3 is 5.97 Å². The van der Waals surface area contributed by atoms with Gasteiger partial charge in [-0.05, 0) is 37.6 Å². The highest BCUT2D eigenvalue weighted by atomic mass is 35.5. The van der Waals surface area contributed by atoms with E-state index in [0.29, 0.717) is 31.3 Å². The Labute approximate surface area is 177 Å². The molecule has 9 heteroatoms. The van der Waals surface area contributed by atoms with Crippen molar-refractivity contribution in [3.8, 4) is 0 Å². The molecule has 0 radical (unpaired) electrons. The average Bonchev–Trinajstić information content (AvgIpc) is 2.95. The third-order valence-corrected chi connectivity index (χ3v) is 5.07. The Kier molecular flexibility index (Phi) is 8.04. The van der Waals surface area contributed by atoms with Crippen molar-refractivity contribution in [3.63, 3.8) is 0 Å². The molecule has 3 N–H and O–H groups in total. The van der Waals surface area contributed by atoms with Crippen molar-refractivity contribution in [3.05, 3.63) is 62.0 Å². The molecule has 0 aliphatic carbocycles. The largest absolute Gasteiger partial charge is 0.455 e. The van der Waals surface area contributed by atoms with E-state index in [-0.39, 0.29) is 6.42 Å². The lowest BCUT2D eigenvalue weighted by Gasteiger charge is -2.12. The fourth-order valence-corrected chi connectivity index (χ4v) is 3.74. The summed E-state index contributed by atoms with van der Waals surface area (Å²) >= 11 is 13.0. The lowest BCUT2D eigenvalue weighted by atomic mass is 10.2. The molecule has 0 unspecified atom stereocenters. The number of hydrogen-bond donors (Lipinski definition) is 2. The molecule has 6 nitrogen and oxygen atoms in total. The highest BCUT2D eigenvalue weighted by Crippen LogP contribution is 2.31. The van der Waals surface area contributed by atoms with Crippen LogP contribution in [0, 0.1) is 0 Å². The Morgan fingerprint density at radius 1 is 1.21 bits per heavy atom. The number of benzene rings is 1. The Morgan fingerprint density at radius 2 is 1.89 bits per heavy atom. The molecular weight excluding hydrogens is 421 g/mol. The van der Waals surface area contributed by atoms with Gasteiger partial charge < -0.3 is 15.8 Å². The molecule has 0 fully saturated rings. The Hall–Kier alpha value is -2.35. The van der Waals surface area contributed by atoms with Gasteiger partial charge in [0.15, 0.2) is 6.61 Å². The van der Waals surface area contributed by atoms with E-state index in [0.717, 1.165) is 17.0 Å². The summed E-state index contributed by atoms with van der Waals surface area (Å²) in [5, 5.41) is 2.63. The predicted molar refractivity (Wildman–Crippen MR) is 113 cm³/mol. The smallest absolute Gasteiger partial charge is 0.310 e. The van der Waals surface area contributed by atoms with Crippen LogP contribution in [-0.4, -0.2) is 24.2 Å². The fraction of sp³-hybridized carbons (Fsp3) is 0.211. The minimum atomic E-state index is -0.587. The van der Waals surface area contributed by atoms with Crippen molar-refractivity contribution in [1.29, 1.82) is 0 Å². The van der Waals surface area contributed by atoms with Gasteiger partial charge in [0.1, 0.15) is 0 Å². The monoisotopic (exact) mass is 439 g/mol. The van der Waals surface area contributed by atoms with Gasteiger partial charge in [0.25, 0.3) is 5.91 Å². The Morgan fingerprint density at radius 3 is 2.46 bits per heavy atom. The second kappa shape index (κ2) is 10.3. The van der Waals surface area contributed by atoms with Crippen molar-refractivity contribution in [2.24, 2.45) is 10.7 Å². The number of thiophene rings is 1. The maximum atomic E-state index is 12.2. The number of carbonyl (C=O) groups is 2. The van der Waals surface area contributed by atoms with Gasteiger partial charge in [-0.15, -0.1) is 11.3 Å². The van der Waals surface area contributed by atoms with Crippen LogP contribution in [0.2, 0.25) is 8.67 Å². The molecule has 1 amide bonds. The predicted octanol–water partition coefficient (Wildman–Crippen LogP) is 4.24. The molecule has 0 bridgehead atoms. The molecule has 28 heavy (non-hydrogen) atoms. The number of hydrogen-bond acceptors (Lipinski definition) is 6. The summed E-state index contributed by atoms with van der Waals surface area (Å²) in [6, 6.07) is 10.9. The zero-order valence-corrected chi connectivity index (χ0v) is 17.6. The van der Waals surface area contributed by atoms with Crippen molar-refractivity contribution < 1.29 is 14.3 Å². The zero-order valence-electron chi connectivity index (χ0n) is 15.3. The minimum Gasteiger partial charge on any atom is -0.455 e. The SMILES string of the molecule is CC(=Nc1ccccc1)C(NC(=O)COC(=O)Cc1cc(Cl)sc1Cl)=C(C)N. The molecule has 0 aliphatic rings. The number of aliphatic imine (C=N–C) groups is 1. The fourth-order valence-electron chi connectivity index (χ4n) is 2.25. The maximum Gasteiger partial charge on any atom is 0.310 e. The van der Waals surface area contributed by atoms with E-state index in [1.807, 2.05) is 30.3 Å². The first-order chi connectivity index (χ1) is 13.3. The molecule has 0 atom stereocenters. The summed E-state index contributed by atoms with van der Waals surface area (Å²) in [6.45, 7) is 2.92. The summed E-state index contributed by atoms with van der Waals surface area (Å²) in [7, 11) is 0. The van der Waals surface area contributed by atoms with Crippen molar-refractivity contribution in [2.45, 2.75) is 20.3 Å². The van der Waals surface area contributed by atoms with Gasteiger partial charge in [-0.25, -0.2) is 0 Å². The molecule has 0 saturated heterocycles. The molecule has 2 rings (SSSR count). The van der Waals surface area contributed by atoms with E-state index >= 15 is 0 Å². The van der Waals surface area contributed by atoms with Crippen LogP contribution in [0.4, 0.5) is 5.69 Å². The van der Waals surface area contributed by atoms with E-state index in [9.17, 15) is 9.59 Å². The Balaban J connectivity index is 1.94. The van der Waals surface area contributed by atoms with Crippen LogP contribution in [0.15, 0.2) is 52.8 Å². The molecule has 2 aromatic rings. The highest BCUT2D eigenvalue weighted by molar-refractivity contribution is 7.20. The molecular formula is C19H19Cl2N3O3S. The number of esters is 1. The van der Waals surface area contributed by atoms with Gasteiger partial charge in [0.2, 0.25) is 0 Å². The van der Waals surface area contributed by atoms with Crippen LogP contribution in [-0.2, 0) is 20.7 Å². The molecule has 0 aliphatic heterocycles. The van der Waals surface area contributed by atoms with Crippen molar-refractivity contribution >= 4 is 57.8 Å². The van der Waals surface area contributed by atoms with Crippen LogP contribution >= 0.6 is 34.5 Å². The number of halogens is 2. The van der Waals surface area contributed by atoms with E-state index < -0.39 is 18.5 Å². The minimum absolute atomic E-state index is 0.0670. The van der Waals surface area contributed by atoms with Gasteiger partial charge in [0, 0.05) is 5.70 Å². The van der Waals surface area contributed by atoms with Crippen LogP contribution in [0.1, 0.15) is 19.4 Å². The average molecular weight is 440 g/mol. The first kappa shape index (κ1) is 21.9. The van der Waals surface area contributed by atoms with Gasteiger partial charge in [-0.3, -0.25) is 14.6 Å². The van der Waals surface area contributed by atoms with Crippen molar-refractivity contribution in [2.75, 3.05) is 6.61 Å². The summed E-state index contributed by atoms with van der Waals surface area (Å²) < 4.78 is 5.90. The summed E-state index contributed by atoms with van der Waals surface area (Å²) in [4.78, 5) is 28.5. The molecule has 0 spiro atoms. The second-order valence-electron chi connectivity index (χ2n) is 5.83. The lowest BCUT2D eigenvalue weighted by Crippen LogP contribution is -2.32. The standard InChI is InChI=1S/C19H19Cl2N3O3S/c1-11(22)18(12(2)23-14-6-4-3-5-7-14)24-16(25)10-27-17(26)9-13-8-15(20)28-19(13)21/h3-8H,9-10,22H2,1-2H3,(H,24,25). The molecule has 1 heterocycles. The summed E-state index contributed by atoms with van der Waals surface area (Å²) in [5.74, 6) is -1.11. The number of nitrogens with two attached hydrogens (primary N) is 1. The van der Waals surface area contributed by atoms with Crippen molar-refractivity contribution in [1.82, 2.24) is 5.32 Å². The number of nitrogens with one attached hydrogen (secondary N) is 1. The number of amides is 1. The second-order valence-corrected chi connectivity index (χ2v) is 8.11. The number of carbonyl (C=O) groups excluding carboxylic acids is 2. The van der Waals surface area contributed by atoms with Gasteiger partial charge in [0.05, 0.1) is 32.2 Å². The third kappa shape index (κ3) is 6.67. The number of ether oxygens (including phenoxy) is 1. The quantitative estimate of drug-likeness (QED) is 0.498. The number of para-hydroxylation sites is 1. The summed E-state index contributed by atoms with van der Waals surface area (Å²) in [5.41, 5.74) is 8.45. The normalized spacial score (nSPS) is 12.4. The van der Waals surface area contributed by atoms with Crippen LogP contribution < -0.4 is 11.1 Å². The molecule has 148 valence electrons. The van der Waals surface area contributed by atoms with Gasteiger partial charge in [-0.2, -0.15) is 0 Å². The summed E-state index contributed by atoms with van der Waals surface area (Å²) in [6.07, 6.45) is -0.0670. The van der Waals surface area contributed by atoms with E-state index in [1.165, 1.54) is 0 Å². The van der Waals surface area contributed by atoms with E-state index in [4.69, 9.17) is 33.7 Å². The lowest BCUT2D eigenvalue weighted by molar-refractivity contribution is -0.147. The van der Waals surface area contributed by atoms with Crippen LogP contribution in [0.5, 0.6) is 0 Å². The molecule has 1 aromatic carbocycles.